The molecule has 6 heteroatoms. The number of methoxy groups -OCH3 is 1. The molecule has 2 N–H and O–H groups in total. The highest BCUT2D eigenvalue weighted by Gasteiger charge is 2.04. The average Bonchev–Trinajstić information content (AvgIpc) is 2.70. The molecule has 1 aromatic rings. The van der Waals surface area contributed by atoms with Crippen molar-refractivity contribution in [3.63, 3.8) is 0 Å². The van der Waals surface area contributed by atoms with Gasteiger partial charge in [0.15, 0.2) is 4.67 Å². The molecular weight excluding hydrogens is 290 g/mol. The molecule has 0 aliphatic carbocycles. The molecule has 0 bridgehead atoms. The van der Waals surface area contributed by atoms with Crippen molar-refractivity contribution in [3.05, 3.63) is 28.6 Å². The summed E-state index contributed by atoms with van der Waals surface area (Å²) in [4.78, 5) is 11.3. The van der Waals surface area contributed by atoms with Crippen molar-refractivity contribution in [2.45, 2.75) is 6.10 Å². The quantitative estimate of drug-likeness (QED) is 0.774. The van der Waals surface area contributed by atoms with Crippen LogP contribution in [0.15, 0.2) is 27.3 Å². The maximum atomic E-state index is 11.3. The number of hydrogen-bond donors (Lipinski definition) is 2. The second-order valence-electron chi connectivity index (χ2n) is 3.33. The van der Waals surface area contributed by atoms with E-state index in [1.165, 1.54) is 13.2 Å². The first-order chi connectivity index (χ1) is 8.11. The predicted octanol–water partition coefficient (Wildman–Crippen LogP) is 1.18. The lowest BCUT2D eigenvalue weighted by molar-refractivity contribution is -0.117. The van der Waals surface area contributed by atoms with Crippen LogP contribution in [0.4, 0.5) is 0 Å². The smallest absolute Gasteiger partial charge is 0.244 e. The monoisotopic (exact) mass is 303 g/mol. The molecule has 17 heavy (non-hydrogen) atoms. The van der Waals surface area contributed by atoms with Crippen LogP contribution in [0.5, 0.6) is 0 Å². The molecule has 0 aliphatic rings. The van der Waals surface area contributed by atoms with Crippen LogP contribution >= 0.6 is 15.9 Å². The number of halogens is 1. The maximum Gasteiger partial charge on any atom is 0.244 e. The lowest BCUT2D eigenvalue weighted by Gasteiger charge is -2.08. The Labute approximate surface area is 108 Å². The van der Waals surface area contributed by atoms with E-state index in [0.29, 0.717) is 10.4 Å². The minimum absolute atomic E-state index is 0.152. The van der Waals surface area contributed by atoms with Gasteiger partial charge < -0.3 is 19.6 Å². The fraction of sp³-hybridized carbons (Fsp3) is 0.364. The van der Waals surface area contributed by atoms with E-state index in [4.69, 9.17) is 9.15 Å². The Morgan fingerprint density at radius 2 is 2.47 bits per heavy atom. The number of rotatable bonds is 6. The standard InChI is InChI=1S/C11H14BrNO4/c1-16-7-8(14)6-13-11(15)5-3-9-2-4-10(12)17-9/h2-5,8,14H,6-7H2,1H3,(H,13,15). The van der Waals surface area contributed by atoms with Crippen LogP contribution < -0.4 is 5.32 Å². The van der Waals surface area contributed by atoms with E-state index in [1.807, 2.05) is 0 Å². The van der Waals surface area contributed by atoms with Gasteiger partial charge >= 0.3 is 0 Å². The number of nitrogens with one attached hydrogen (secondary N) is 1. The van der Waals surface area contributed by atoms with Gasteiger partial charge in [-0.2, -0.15) is 0 Å². The zero-order valence-corrected chi connectivity index (χ0v) is 10.9. The molecule has 1 amide bonds. The maximum absolute atomic E-state index is 11.3. The Morgan fingerprint density at radius 1 is 1.71 bits per heavy atom. The zero-order valence-electron chi connectivity index (χ0n) is 9.35. The van der Waals surface area contributed by atoms with Crippen LogP contribution in [0, 0.1) is 0 Å². The largest absolute Gasteiger partial charge is 0.450 e. The number of aliphatic hydroxyl groups is 1. The highest BCUT2D eigenvalue weighted by molar-refractivity contribution is 9.10. The Hall–Kier alpha value is -1.11. The molecule has 1 unspecified atom stereocenters. The molecule has 0 aromatic carbocycles. The third-order valence-corrected chi connectivity index (χ3v) is 2.29. The highest BCUT2D eigenvalue weighted by Crippen LogP contribution is 2.14. The van der Waals surface area contributed by atoms with Gasteiger partial charge in [-0.3, -0.25) is 4.79 Å². The topological polar surface area (TPSA) is 71.7 Å². The molecule has 0 radical (unpaired) electrons. The Kier molecular flexibility index (Phi) is 5.96. The van der Waals surface area contributed by atoms with Crippen LogP contribution in [0.2, 0.25) is 0 Å². The van der Waals surface area contributed by atoms with Gasteiger partial charge in [-0.1, -0.05) is 0 Å². The highest BCUT2D eigenvalue weighted by atomic mass is 79.9. The second kappa shape index (κ2) is 7.26. The molecule has 0 saturated carbocycles. The first-order valence-electron chi connectivity index (χ1n) is 5.00. The molecule has 94 valence electrons. The van der Waals surface area contributed by atoms with Gasteiger partial charge in [-0.25, -0.2) is 0 Å². The minimum atomic E-state index is -0.699. The summed E-state index contributed by atoms with van der Waals surface area (Å²) < 4.78 is 10.5. The van der Waals surface area contributed by atoms with Crippen molar-refractivity contribution < 1.29 is 19.1 Å². The van der Waals surface area contributed by atoms with Gasteiger partial charge in [0, 0.05) is 19.7 Å². The van der Waals surface area contributed by atoms with E-state index in [2.05, 4.69) is 21.2 Å². The molecule has 1 heterocycles. The fourth-order valence-corrected chi connectivity index (χ4v) is 1.42. The van der Waals surface area contributed by atoms with Crippen LogP contribution in [0.3, 0.4) is 0 Å². The van der Waals surface area contributed by atoms with Crippen molar-refractivity contribution >= 4 is 27.9 Å². The number of carbonyl (C=O) groups is 1. The van der Waals surface area contributed by atoms with Crippen LogP contribution in [0.1, 0.15) is 5.76 Å². The summed E-state index contributed by atoms with van der Waals surface area (Å²) in [6.45, 7) is 0.341. The number of furan rings is 1. The molecule has 0 spiro atoms. The van der Waals surface area contributed by atoms with Gasteiger partial charge in [0.25, 0.3) is 0 Å². The van der Waals surface area contributed by atoms with E-state index in [-0.39, 0.29) is 19.1 Å². The number of carbonyl (C=O) groups excluding carboxylic acids is 1. The third kappa shape index (κ3) is 5.67. The molecule has 0 saturated heterocycles. The van der Waals surface area contributed by atoms with Gasteiger partial charge in [0.05, 0.1) is 12.7 Å². The van der Waals surface area contributed by atoms with Gasteiger partial charge in [-0.15, -0.1) is 0 Å². The van der Waals surface area contributed by atoms with Gasteiger partial charge in [0.1, 0.15) is 5.76 Å². The number of aliphatic hydroxyl groups excluding tert-OH is 1. The summed E-state index contributed by atoms with van der Waals surface area (Å²) in [5.74, 6) is 0.275. The predicted molar refractivity (Wildman–Crippen MR) is 66.3 cm³/mol. The Bertz CT molecular complexity index is 389. The molecule has 1 rings (SSSR count). The summed E-state index contributed by atoms with van der Waals surface area (Å²) in [5, 5.41) is 11.8. The zero-order chi connectivity index (χ0) is 12.7. The van der Waals surface area contributed by atoms with Crippen molar-refractivity contribution in [3.8, 4) is 0 Å². The molecular formula is C11H14BrNO4. The number of hydrogen-bond acceptors (Lipinski definition) is 4. The summed E-state index contributed by atoms with van der Waals surface area (Å²) in [7, 11) is 1.49. The minimum Gasteiger partial charge on any atom is -0.450 e. The molecule has 5 nitrogen and oxygen atoms in total. The Balaban J connectivity index is 2.32. The van der Waals surface area contributed by atoms with E-state index in [9.17, 15) is 9.90 Å². The average molecular weight is 304 g/mol. The molecule has 0 fully saturated rings. The van der Waals surface area contributed by atoms with Crippen molar-refractivity contribution in [2.24, 2.45) is 0 Å². The van der Waals surface area contributed by atoms with Crippen LogP contribution in [-0.2, 0) is 9.53 Å². The molecule has 1 atom stereocenters. The van der Waals surface area contributed by atoms with E-state index >= 15 is 0 Å². The van der Waals surface area contributed by atoms with Gasteiger partial charge in [0.2, 0.25) is 5.91 Å². The second-order valence-corrected chi connectivity index (χ2v) is 4.11. The summed E-state index contributed by atoms with van der Waals surface area (Å²) >= 11 is 3.16. The van der Waals surface area contributed by atoms with Crippen molar-refractivity contribution in [1.82, 2.24) is 5.32 Å². The van der Waals surface area contributed by atoms with Crippen molar-refractivity contribution in [1.29, 1.82) is 0 Å². The van der Waals surface area contributed by atoms with Crippen LogP contribution in [-0.4, -0.2) is 37.4 Å². The lowest BCUT2D eigenvalue weighted by Crippen LogP contribution is -2.33. The number of ether oxygens (including phenoxy) is 1. The summed E-state index contributed by atoms with van der Waals surface area (Å²) in [6.07, 6.45) is 2.18. The summed E-state index contributed by atoms with van der Waals surface area (Å²) in [6, 6.07) is 3.47. The van der Waals surface area contributed by atoms with Crippen LogP contribution in [0.25, 0.3) is 6.08 Å². The fourth-order valence-electron chi connectivity index (χ4n) is 1.10. The SMILES string of the molecule is COCC(O)CNC(=O)C=Cc1ccc(Br)o1. The van der Waals surface area contributed by atoms with Gasteiger partial charge in [-0.05, 0) is 34.1 Å². The number of amides is 1. The normalized spacial score (nSPS) is 12.9. The summed E-state index contributed by atoms with van der Waals surface area (Å²) in [5.41, 5.74) is 0. The van der Waals surface area contributed by atoms with E-state index in [1.54, 1.807) is 18.2 Å². The first kappa shape index (κ1) is 14.0. The lowest BCUT2D eigenvalue weighted by atomic mass is 10.3. The Morgan fingerprint density at radius 3 is 3.06 bits per heavy atom. The first-order valence-corrected chi connectivity index (χ1v) is 5.79. The van der Waals surface area contributed by atoms with Crippen molar-refractivity contribution in [2.75, 3.05) is 20.3 Å². The third-order valence-electron chi connectivity index (χ3n) is 1.86. The molecule has 1 aromatic heterocycles. The molecule has 0 aliphatic heterocycles. The van der Waals surface area contributed by atoms with E-state index in [0.717, 1.165) is 0 Å². The van der Waals surface area contributed by atoms with E-state index < -0.39 is 6.10 Å².